The van der Waals surface area contributed by atoms with Crippen LogP contribution in [0.25, 0.3) is 0 Å². The molecular weight excluding hydrogens is 360 g/mol. The highest BCUT2D eigenvalue weighted by Crippen LogP contribution is 2.26. The number of amidine groups is 1. The predicted octanol–water partition coefficient (Wildman–Crippen LogP) is 3.24. The molecule has 1 aliphatic heterocycles. The van der Waals surface area contributed by atoms with Gasteiger partial charge in [-0.2, -0.15) is 5.10 Å². The molecule has 1 aliphatic carbocycles. The number of amides is 2. The van der Waals surface area contributed by atoms with Gasteiger partial charge < -0.3 is 10.6 Å². The van der Waals surface area contributed by atoms with E-state index in [9.17, 15) is 9.59 Å². The second-order valence-corrected chi connectivity index (χ2v) is 8.24. The van der Waals surface area contributed by atoms with Gasteiger partial charge in [0.05, 0.1) is 0 Å². The summed E-state index contributed by atoms with van der Waals surface area (Å²) in [6, 6.07) is 9.70. The fourth-order valence-electron chi connectivity index (χ4n) is 3.35. The Morgan fingerprint density at radius 1 is 1.22 bits per heavy atom. The lowest BCUT2D eigenvalue weighted by Crippen LogP contribution is -2.31. The minimum atomic E-state index is -0.454. The molecule has 0 aromatic heterocycles. The lowest BCUT2D eigenvalue weighted by atomic mass is 9.86. The third-order valence-electron chi connectivity index (χ3n) is 4.97. The van der Waals surface area contributed by atoms with Crippen LogP contribution in [0.2, 0.25) is 0 Å². The standard InChI is InChI=1S/C20H26N4O2S/c1-14(16-10-6-3-7-11-16)23-24-20-22-19(26)17(27-20)12-18(25)21-13-15-8-4-2-5-9-15/h2,4-5,8-9,16-17H,3,6-7,10-13H2,1H3,(H,21,25)(H,22,24,26)/b23-14-/t17-/m0/s1. The molecule has 0 unspecified atom stereocenters. The van der Waals surface area contributed by atoms with Crippen LogP contribution in [0.4, 0.5) is 0 Å². The zero-order chi connectivity index (χ0) is 19.1. The molecule has 7 heteroatoms. The van der Waals surface area contributed by atoms with E-state index in [-0.39, 0.29) is 18.2 Å². The molecule has 0 bridgehead atoms. The van der Waals surface area contributed by atoms with Crippen LogP contribution in [0, 0.1) is 5.92 Å². The van der Waals surface area contributed by atoms with Gasteiger partial charge >= 0.3 is 0 Å². The summed E-state index contributed by atoms with van der Waals surface area (Å²) in [6.45, 7) is 2.47. The topological polar surface area (TPSA) is 82.9 Å². The van der Waals surface area contributed by atoms with Gasteiger partial charge in [0.2, 0.25) is 11.8 Å². The van der Waals surface area contributed by atoms with E-state index in [4.69, 9.17) is 0 Å². The van der Waals surface area contributed by atoms with E-state index in [2.05, 4.69) is 20.8 Å². The van der Waals surface area contributed by atoms with Crippen LogP contribution in [-0.4, -0.2) is 27.9 Å². The highest BCUT2D eigenvalue weighted by molar-refractivity contribution is 8.15. The van der Waals surface area contributed by atoms with Crippen molar-refractivity contribution in [1.29, 1.82) is 0 Å². The molecule has 0 spiro atoms. The Hall–Kier alpha value is -2.15. The van der Waals surface area contributed by atoms with Crippen LogP contribution in [0.15, 0.2) is 40.5 Å². The Morgan fingerprint density at radius 3 is 2.70 bits per heavy atom. The maximum absolute atomic E-state index is 12.1. The molecule has 2 aliphatic rings. The molecule has 144 valence electrons. The van der Waals surface area contributed by atoms with Crippen molar-refractivity contribution in [3.8, 4) is 0 Å². The first kappa shape index (κ1) is 19.6. The molecule has 1 aromatic carbocycles. The Labute approximate surface area is 164 Å². The normalized spacial score (nSPS) is 22.7. The van der Waals surface area contributed by atoms with E-state index in [1.54, 1.807) is 0 Å². The van der Waals surface area contributed by atoms with Crippen LogP contribution in [0.3, 0.4) is 0 Å². The van der Waals surface area contributed by atoms with Crippen LogP contribution in [0.1, 0.15) is 51.0 Å². The van der Waals surface area contributed by atoms with Crippen molar-refractivity contribution < 1.29 is 9.59 Å². The molecule has 1 heterocycles. The molecule has 6 nitrogen and oxygen atoms in total. The highest BCUT2D eigenvalue weighted by Gasteiger charge is 2.32. The van der Waals surface area contributed by atoms with Crippen molar-refractivity contribution in [2.45, 2.75) is 57.2 Å². The number of carbonyl (C=O) groups is 2. The van der Waals surface area contributed by atoms with Crippen molar-refractivity contribution in [2.24, 2.45) is 16.1 Å². The van der Waals surface area contributed by atoms with Gasteiger partial charge in [-0.3, -0.25) is 9.59 Å². The van der Waals surface area contributed by atoms with Gasteiger partial charge in [0.1, 0.15) is 5.25 Å². The SMILES string of the molecule is C/C(=N/N=C1/NC(=O)[C@H](CC(=O)NCc2ccccc2)S1)C1CCCCC1. The third kappa shape index (κ3) is 5.92. The Kier molecular flexibility index (Phi) is 7.04. The number of thioether (sulfide) groups is 1. The minimum Gasteiger partial charge on any atom is -0.352 e. The molecule has 2 N–H and O–H groups in total. The smallest absolute Gasteiger partial charge is 0.240 e. The summed E-state index contributed by atoms with van der Waals surface area (Å²) < 4.78 is 0. The first-order valence-electron chi connectivity index (χ1n) is 9.52. The number of carbonyl (C=O) groups excluding carboxylic acids is 2. The summed E-state index contributed by atoms with van der Waals surface area (Å²) in [7, 11) is 0. The van der Waals surface area contributed by atoms with E-state index < -0.39 is 5.25 Å². The monoisotopic (exact) mass is 386 g/mol. The summed E-state index contributed by atoms with van der Waals surface area (Å²) in [5.74, 6) is 0.179. The van der Waals surface area contributed by atoms with E-state index >= 15 is 0 Å². The average molecular weight is 387 g/mol. The fraction of sp³-hybridized carbons (Fsp3) is 0.500. The van der Waals surface area contributed by atoms with Crippen molar-refractivity contribution in [2.75, 3.05) is 0 Å². The van der Waals surface area contributed by atoms with Gasteiger partial charge in [-0.15, -0.1) is 5.10 Å². The average Bonchev–Trinajstić information content (AvgIpc) is 3.05. The first-order chi connectivity index (χ1) is 13.1. The number of benzene rings is 1. The Morgan fingerprint density at radius 2 is 1.96 bits per heavy atom. The maximum atomic E-state index is 12.1. The molecule has 3 rings (SSSR count). The Balaban J connectivity index is 1.48. The predicted molar refractivity (Wildman–Crippen MR) is 110 cm³/mol. The summed E-state index contributed by atoms with van der Waals surface area (Å²) in [6.07, 6.45) is 6.28. The zero-order valence-electron chi connectivity index (χ0n) is 15.6. The molecule has 2 fully saturated rings. The molecule has 1 aromatic rings. The van der Waals surface area contributed by atoms with Crippen LogP contribution < -0.4 is 10.6 Å². The fourth-order valence-corrected chi connectivity index (χ4v) is 4.27. The van der Waals surface area contributed by atoms with Gasteiger partial charge in [0.15, 0.2) is 5.17 Å². The maximum Gasteiger partial charge on any atom is 0.240 e. The molecule has 27 heavy (non-hydrogen) atoms. The highest BCUT2D eigenvalue weighted by atomic mass is 32.2. The van der Waals surface area contributed by atoms with Crippen molar-refractivity contribution >= 4 is 34.5 Å². The largest absolute Gasteiger partial charge is 0.352 e. The number of hydrogen-bond donors (Lipinski definition) is 2. The summed E-state index contributed by atoms with van der Waals surface area (Å²) in [5, 5.41) is 14.1. The second-order valence-electron chi connectivity index (χ2n) is 7.04. The molecule has 2 amide bonds. The van der Waals surface area contributed by atoms with E-state index in [0.29, 0.717) is 17.6 Å². The number of nitrogens with one attached hydrogen (secondary N) is 2. The number of nitrogens with zero attached hydrogens (tertiary/aromatic N) is 2. The lowest BCUT2D eigenvalue weighted by molar-refractivity contribution is -0.125. The van der Waals surface area contributed by atoms with Gasteiger partial charge in [0.25, 0.3) is 0 Å². The number of hydrogen-bond acceptors (Lipinski definition) is 5. The first-order valence-corrected chi connectivity index (χ1v) is 10.4. The van der Waals surface area contributed by atoms with Crippen molar-refractivity contribution in [3.63, 3.8) is 0 Å². The molecule has 1 atom stereocenters. The Bertz CT molecular complexity index is 727. The van der Waals surface area contributed by atoms with Crippen molar-refractivity contribution in [1.82, 2.24) is 10.6 Å². The van der Waals surface area contributed by atoms with E-state index in [1.165, 1.54) is 43.9 Å². The minimum absolute atomic E-state index is 0.133. The van der Waals surface area contributed by atoms with Crippen LogP contribution in [-0.2, 0) is 16.1 Å². The van der Waals surface area contributed by atoms with E-state index in [0.717, 1.165) is 11.3 Å². The second kappa shape index (κ2) is 9.69. The number of rotatable bonds is 6. The summed E-state index contributed by atoms with van der Waals surface area (Å²) in [5.41, 5.74) is 2.06. The van der Waals surface area contributed by atoms with Gasteiger partial charge in [0, 0.05) is 18.7 Å². The third-order valence-corrected chi connectivity index (χ3v) is 6.05. The lowest BCUT2D eigenvalue weighted by Gasteiger charge is -2.20. The molecule has 1 saturated carbocycles. The quantitative estimate of drug-likeness (QED) is 0.582. The van der Waals surface area contributed by atoms with Crippen molar-refractivity contribution in [3.05, 3.63) is 35.9 Å². The van der Waals surface area contributed by atoms with E-state index in [1.807, 2.05) is 37.3 Å². The zero-order valence-corrected chi connectivity index (χ0v) is 16.4. The van der Waals surface area contributed by atoms with Gasteiger partial charge in [-0.05, 0) is 31.2 Å². The van der Waals surface area contributed by atoms with Crippen LogP contribution in [0.5, 0.6) is 0 Å². The summed E-state index contributed by atoms with van der Waals surface area (Å²) in [4.78, 5) is 24.2. The summed E-state index contributed by atoms with van der Waals surface area (Å²) >= 11 is 1.28. The van der Waals surface area contributed by atoms with Gasteiger partial charge in [-0.25, -0.2) is 0 Å². The molecule has 1 saturated heterocycles. The molecule has 0 radical (unpaired) electrons. The van der Waals surface area contributed by atoms with Gasteiger partial charge in [-0.1, -0.05) is 61.4 Å². The molecular formula is C20H26N4O2S. The van der Waals surface area contributed by atoms with Crippen LogP contribution >= 0.6 is 11.8 Å².